The lowest BCUT2D eigenvalue weighted by atomic mass is 9.63. The normalized spacial score (nSPS) is 22.0. The number of rotatable bonds is 3. The van der Waals surface area contributed by atoms with E-state index in [9.17, 15) is 27.5 Å². The molecule has 33 heavy (non-hydrogen) atoms. The van der Waals surface area contributed by atoms with E-state index in [2.05, 4.69) is 15.3 Å². The molecule has 0 aliphatic heterocycles. The molecule has 1 aliphatic carbocycles. The summed E-state index contributed by atoms with van der Waals surface area (Å²) < 4.78 is 62.2. The van der Waals surface area contributed by atoms with Crippen molar-refractivity contribution in [2.45, 2.75) is 43.5 Å². The molecule has 0 bridgehead atoms. The molecule has 1 aliphatic rings. The maximum Gasteiger partial charge on any atom is 0.419 e. The minimum Gasteiger partial charge on any atom is -0.493 e. The van der Waals surface area contributed by atoms with E-state index in [1.807, 2.05) is 0 Å². The van der Waals surface area contributed by atoms with Crippen LogP contribution in [0.25, 0.3) is 11.0 Å². The molecule has 2 N–H and O–H groups in total. The number of carbonyl (C=O) groups excluding carboxylic acids is 1. The number of aromatic nitrogens is 2. The second-order valence-corrected chi connectivity index (χ2v) is 8.69. The van der Waals surface area contributed by atoms with Crippen LogP contribution in [0.1, 0.15) is 47.8 Å². The summed E-state index contributed by atoms with van der Waals surface area (Å²) >= 11 is 0. The summed E-state index contributed by atoms with van der Waals surface area (Å²) in [5.41, 5.74) is -3.61. The van der Waals surface area contributed by atoms with Gasteiger partial charge >= 0.3 is 6.18 Å². The number of ether oxygens (including phenoxy) is 1. The van der Waals surface area contributed by atoms with Crippen molar-refractivity contribution in [1.82, 2.24) is 15.3 Å². The molecule has 0 unspecified atom stereocenters. The van der Waals surface area contributed by atoms with E-state index in [4.69, 9.17) is 4.74 Å². The first-order chi connectivity index (χ1) is 15.4. The number of benzene rings is 2. The maximum absolute atomic E-state index is 14.4. The summed E-state index contributed by atoms with van der Waals surface area (Å²) in [6.07, 6.45) is -3.01. The molecule has 0 saturated heterocycles. The lowest BCUT2D eigenvalue weighted by molar-refractivity contribution is -0.280. The minimum atomic E-state index is -5.09. The SMILES string of the molecule is COc1c(F)ccc2c1C(C)(C)C[C@@](O)(C(F)(F)F)[C@@H]2NC(=O)c1ccc2nccnc2c1. The van der Waals surface area contributed by atoms with Crippen LogP contribution >= 0.6 is 0 Å². The molecule has 6 nitrogen and oxygen atoms in total. The van der Waals surface area contributed by atoms with Gasteiger partial charge in [0.15, 0.2) is 17.2 Å². The molecule has 4 rings (SSSR count). The number of fused-ring (bicyclic) bond motifs is 2. The summed E-state index contributed by atoms with van der Waals surface area (Å²) in [7, 11) is 1.21. The van der Waals surface area contributed by atoms with E-state index in [0.717, 1.165) is 12.1 Å². The third-order valence-electron chi connectivity index (χ3n) is 6.02. The van der Waals surface area contributed by atoms with Crippen molar-refractivity contribution in [1.29, 1.82) is 0 Å². The molecule has 1 amide bonds. The smallest absolute Gasteiger partial charge is 0.419 e. The second-order valence-electron chi connectivity index (χ2n) is 8.69. The number of nitrogens with zero attached hydrogens (tertiary/aromatic N) is 2. The van der Waals surface area contributed by atoms with Gasteiger partial charge in [0.2, 0.25) is 0 Å². The van der Waals surface area contributed by atoms with Crippen LogP contribution in [0.15, 0.2) is 42.7 Å². The van der Waals surface area contributed by atoms with Gasteiger partial charge in [-0.3, -0.25) is 14.8 Å². The number of methoxy groups -OCH3 is 1. The van der Waals surface area contributed by atoms with Crippen molar-refractivity contribution in [2.75, 3.05) is 7.11 Å². The molecule has 2 aromatic carbocycles. The van der Waals surface area contributed by atoms with Gasteiger partial charge in [0.1, 0.15) is 0 Å². The van der Waals surface area contributed by atoms with Crippen LogP contribution < -0.4 is 10.1 Å². The summed E-state index contributed by atoms with van der Waals surface area (Å²) in [5.74, 6) is -1.83. The van der Waals surface area contributed by atoms with Gasteiger partial charge in [-0.25, -0.2) is 4.39 Å². The number of carbonyl (C=O) groups is 1. The Morgan fingerprint density at radius 2 is 1.82 bits per heavy atom. The van der Waals surface area contributed by atoms with E-state index in [1.165, 1.54) is 51.6 Å². The molecule has 0 spiro atoms. The van der Waals surface area contributed by atoms with Crippen LogP contribution in [0, 0.1) is 5.82 Å². The Balaban J connectivity index is 1.85. The highest BCUT2D eigenvalue weighted by atomic mass is 19.4. The van der Waals surface area contributed by atoms with E-state index in [0.29, 0.717) is 11.0 Å². The van der Waals surface area contributed by atoms with Crippen LogP contribution in [-0.2, 0) is 5.41 Å². The fraction of sp³-hybridized carbons (Fsp3) is 0.348. The summed E-state index contributed by atoms with van der Waals surface area (Å²) in [5, 5.41) is 13.3. The average Bonchev–Trinajstić information content (AvgIpc) is 2.75. The molecule has 0 fully saturated rings. The predicted octanol–water partition coefficient (Wildman–Crippen LogP) is 4.22. The van der Waals surface area contributed by atoms with Gasteiger partial charge in [0.05, 0.1) is 24.2 Å². The zero-order valence-electron chi connectivity index (χ0n) is 18.0. The Kier molecular flexibility index (Phi) is 5.31. The maximum atomic E-state index is 14.4. The van der Waals surface area contributed by atoms with Crippen molar-refractivity contribution < 1.29 is 32.2 Å². The molecular formula is C23H21F4N3O3. The van der Waals surface area contributed by atoms with Crippen LogP contribution in [0.5, 0.6) is 5.75 Å². The van der Waals surface area contributed by atoms with E-state index in [-0.39, 0.29) is 22.4 Å². The van der Waals surface area contributed by atoms with Crippen molar-refractivity contribution in [3.63, 3.8) is 0 Å². The van der Waals surface area contributed by atoms with Crippen molar-refractivity contribution in [3.05, 3.63) is 65.2 Å². The number of nitrogens with one attached hydrogen (secondary N) is 1. The molecule has 0 saturated carbocycles. The molecule has 3 aromatic rings. The molecule has 2 atom stereocenters. The lowest BCUT2D eigenvalue weighted by Gasteiger charge is -2.49. The molecule has 10 heteroatoms. The summed E-state index contributed by atoms with van der Waals surface area (Å²) in [6.45, 7) is 2.93. The number of amides is 1. The number of hydrogen-bond donors (Lipinski definition) is 2. The van der Waals surface area contributed by atoms with E-state index >= 15 is 0 Å². The Labute approximate surface area is 186 Å². The van der Waals surface area contributed by atoms with Gasteiger partial charge in [0, 0.05) is 23.5 Å². The largest absolute Gasteiger partial charge is 0.493 e. The Hall–Kier alpha value is -3.27. The lowest BCUT2D eigenvalue weighted by Crippen LogP contribution is -2.60. The Bertz CT molecular complexity index is 1250. The Morgan fingerprint density at radius 3 is 2.45 bits per heavy atom. The molecule has 174 valence electrons. The highest BCUT2D eigenvalue weighted by molar-refractivity contribution is 5.97. The van der Waals surface area contributed by atoms with E-state index in [1.54, 1.807) is 0 Å². The van der Waals surface area contributed by atoms with Gasteiger partial charge in [-0.05, 0) is 41.7 Å². The highest BCUT2D eigenvalue weighted by Gasteiger charge is 2.64. The summed E-state index contributed by atoms with van der Waals surface area (Å²) in [6, 6.07) is 4.51. The van der Waals surface area contributed by atoms with Crippen molar-refractivity contribution in [3.8, 4) is 5.75 Å². The topological polar surface area (TPSA) is 84.3 Å². The standard InChI is InChI=1S/C23H21F4N3O3/c1-21(2)11-22(32,23(25,26)27)19(13-5-6-14(24)18(33-3)17(13)21)30-20(31)12-4-7-15-16(10-12)29-9-8-28-15/h4-10,19,32H,11H2,1-3H3,(H,30,31)/t19-,22+/m1/s1. The third-order valence-corrected chi connectivity index (χ3v) is 6.02. The third kappa shape index (κ3) is 3.68. The van der Waals surface area contributed by atoms with Gasteiger partial charge in [-0.2, -0.15) is 13.2 Å². The first-order valence-electron chi connectivity index (χ1n) is 10.1. The quantitative estimate of drug-likeness (QED) is 0.569. The predicted molar refractivity (Wildman–Crippen MR) is 111 cm³/mol. The Morgan fingerprint density at radius 1 is 1.15 bits per heavy atom. The zero-order valence-corrected chi connectivity index (χ0v) is 18.0. The van der Waals surface area contributed by atoms with Gasteiger partial charge in [-0.15, -0.1) is 0 Å². The number of alkyl halides is 3. The number of aliphatic hydroxyl groups is 1. The number of hydrogen-bond acceptors (Lipinski definition) is 5. The highest BCUT2D eigenvalue weighted by Crippen LogP contribution is 2.55. The van der Waals surface area contributed by atoms with Gasteiger partial charge in [-0.1, -0.05) is 19.9 Å². The molecule has 0 radical (unpaired) electrons. The van der Waals surface area contributed by atoms with Gasteiger partial charge in [0.25, 0.3) is 5.91 Å². The van der Waals surface area contributed by atoms with Crippen LogP contribution in [-0.4, -0.2) is 39.9 Å². The van der Waals surface area contributed by atoms with Crippen LogP contribution in [0.3, 0.4) is 0 Å². The first-order valence-corrected chi connectivity index (χ1v) is 10.1. The second kappa shape index (κ2) is 7.65. The molecule has 1 aromatic heterocycles. The van der Waals surface area contributed by atoms with Gasteiger partial charge < -0.3 is 15.2 Å². The van der Waals surface area contributed by atoms with Crippen LogP contribution in [0.4, 0.5) is 17.6 Å². The minimum absolute atomic E-state index is 0.0352. The average molecular weight is 463 g/mol. The monoisotopic (exact) mass is 463 g/mol. The molecule has 1 heterocycles. The van der Waals surface area contributed by atoms with E-state index < -0.39 is 41.4 Å². The number of halogens is 4. The summed E-state index contributed by atoms with van der Waals surface area (Å²) in [4.78, 5) is 21.2. The zero-order chi connectivity index (χ0) is 24.2. The van der Waals surface area contributed by atoms with Crippen molar-refractivity contribution in [2.24, 2.45) is 0 Å². The van der Waals surface area contributed by atoms with Crippen LogP contribution in [0.2, 0.25) is 0 Å². The molecular weight excluding hydrogens is 442 g/mol. The van der Waals surface area contributed by atoms with Crippen molar-refractivity contribution >= 4 is 16.9 Å². The fourth-order valence-corrected chi connectivity index (χ4v) is 4.61. The fourth-order valence-electron chi connectivity index (χ4n) is 4.61. The first kappa shape index (κ1) is 22.9.